The van der Waals surface area contributed by atoms with Crippen LogP contribution in [-0.2, 0) is 0 Å². The third-order valence-corrected chi connectivity index (χ3v) is 1.99. The molecule has 0 aliphatic rings. The van der Waals surface area contributed by atoms with Gasteiger partial charge in [0.05, 0.1) is 0 Å². The van der Waals surface area contributed by atoms with Crippen LogP contribution in [-0.4, -0.2) is 20.4 Å². The van der Waals surface area contributed by atoms with E-state index in [2.05, 4.69) is 20.4 Å². The summed E-state index contributed by atoms with van der Waals surface area (Å²) in [5.41, 5.74) is 3.19. The fraction of sp³-hybridized carbons (Fsp3) is 0. The molecule has 0 fully saturated rings. The minimum atomic E-state index is 0.488. The maximum absolute atomic E-state index is 5.15. The normalized spacial score (nSPS) is 9.82. The smallest absolute Gasteiger partial charge is 0.301 e. The molecular weight excluding hydrogens is 184 g/mol. The standard InChI is InChI=1S/C4H2N4OS2/c1-5-7-3(10-1)9-4-8-6-2-11-4/h1-2H. The van der Waals surface area contributed by atoms with Gasteiger partial charge in [0.15, 0.2) is 0 Å². The molecule has 0 radical (unpaired) electrons. The van der Waals surface area contributed by atoms with Gasteiger partial charge in [0.1, 0.15) is 11.0 Å². The SMILES string of the molecule is c1nnc(Oc2nncs2)s1. The van der Waals surface area contributed by atoms with Crippen molar-refractivity contribution in [1.29, 1.82) is 0 Å². The van der Waals surface area contributed by atoms with Crippen molar-refractivity contribution in [2.24, 2.45) is 0 Å². The zero-order chi connectivity index (χ0) is 7.52. The second kappa shape index (κ2) is 2.89. The van der Waals surface area contributed by atoms with E-state index in [1.165, 1.54) is 22.7 Å². The number of nitrogens with zero attached hydrogens (tertiary/aromatic N) is 4. The number of hydrogen-bond donors (Lipinski definition) is 0. The third kappa shape index (κ3) is 1.49. The highest BCUT2D eigenvalue weighted by Crippen LogP contribution is 2.22. The van der Waals surface area contributed by atoms with Gasteiger partial charge in [0.2, 0.25) is 0 Å². The fourth-order valence-electron chi connectivity index (χ4n) is 0.490. The highest BCUT2D eigenvalue weighted by Gasteiger charge is 2.01. The van der Waals surface area contributed by atoms with E-state index in [0.29, 0.717) is 10.4 Å². The summed E-state index contributed by atoms with van der Waals surface area (Å²) < 4.78 is 5.15. The Balaban J connectivity index is 2.14. The molecule has 2 rings (SSSR count). The van der Waals surface area contributed by atoms with Crippen LogP contribution in [0.1, 0.15) is 0 Å². The summed E-state index contributed by atoms with van der Waals surface area (Å²) in [7, 11) is 0. The first-order chi connectivity index (χ1) is 5.45. The van der Waals surface area contributed by atoms with E-state index in [1.54, 1.807) is 11.0 Å². The van der Waals surface area contributed by atoms with Crippen LogP contribution < -0.4 is 4.74 Å². The lowest BCUT2D eigenvalue weighted by Crippen LogP contribution is -1.81. The van der Waals surface area contributed by atoms with Gasteiger partial charge in [-0.3, -0.25) is 0 Å². The first kappa shape index (κ1) is 6.62. The minimum Gasteiger partial charge on any atom is -0.400 e. The molecule has 0 aromatic carbocycles. The van der Waals surface area contributed by atoms with Gasteiger partial charge in [-0.1, -0.05) is 32.9 Å². The Morgan fingerprint density at radius 2 is 1.55 bits per heavy atom. The van der Waals surface area contributed by atoms with E-state index in [0.717, 1.165) is 0 Å². The third-order valence-electron chi connectivity index (χ3n) is 0.855. The van der Waals surface area contributed by atoms with Gasteiger partial charge < -0.3 is 4.74 Å². The predicted molar refractivity (Wildman–Crippen MR) is 39.9 cm³/mol. The zero-order valence-corrected chi connectivity index (χ0v) is 6.80. The second-order valence-corrected chi connectivity index (χ2v) is 3.10. The molecule has 0 saturated heterocycles. The predicted octanol–water partition coefficient (Wildman–Crippen LogP) is 1.18. The minimum absolute atomic E-state index is 0.488. The van der Waals surface area contributed by atoms with E-state index in [1.807, 2.05) is 0 Å². The molecule has 0 aliphatic carbocycles. The topological polar surface area (TPSA) is 60.8 Å². The van der Waals surface area contributed by atoms with Crippen molar-refractivity contribution >= 4 is 22.7 Å². The maximum Gasteiger partial charge on any atom is 0.301 e. The average Bonchev–Trinajstić information content (AvgIpc) is 2.60. The molecule has 7 heteroatoms. The van der Waals surface area contributed by atoms with Crippen LogP contribution in [0.25, 0.3) is 0 Å². The van der Waals surface area contributed by atoms with Gasteiger partial charge in [-0.25, -0.2) is 0 Å². The van der Waals surface area contributed by atoms with Gasteiger partial charge in [-0.2, -0.15) is 0 Å². The molecule has 0 atom stereocenters. The lowest BCUT2D eigenvalue weighted by molar-refractivity contribution is 0.464. The average molecular weight is 186 g/mol. The maximum atomic E-state index is 5.15. The van der Waals surface area contributed by atoms with Crippen molar-refractivity contribution < 1.29 is 4.74 Å². The molecule has 0 spiro atoms. The Bertz CT molecular complexity index is 272. The molecule has 2 aromatic heterocycles. The van der Waals surface area contributed by atoms with E-state index in [-0.39, 0.29) is 0 Å². The highest BCUT2D eigenvalue weighted by molar-refractivity contribution is 7.12. The van der Waals surface area contributed by atoms with Crippen LogP contribution in [0.4, 0.5) is 0 Å². The van der Waals surface area contributed by atoms with Gasteiger partial charge in [-0.05, 0) is 0 Å². The number of ether oxygens (including phenoxy) is 1. The molecule has 56 valence electrons. The fourth-order valence-corrected chi connectivity index (χ4v) is 1.35. The number of aromatic nitrogens is 4. The summed E-state index contributed by atoms with van der Waals surface area (Å²) in [6, 6.07) is 0. The van der Waals surface area contributed by atoms with Crippen LogP contribution in [0.2, 0.25) is 0 Å². The van der Waals surface area contributed by atoms with Crippen molar-refractivity contribution in [2.45, 2.75) is 0 Å². The lowest BCUT2D eigenvalue weighted by Gasteiger charge is -1.89. The second-order valence-electron chi connectivity index (χ2n) is 1.51. The van der Waals surface area contributed by atoms with Crippen LogP contribution in [0.5, 0.6) is 10.4 Å². The van der Waals surface area contributed by atoms with Crippen molar-refractivity contribution in [2.75, 3.05) is 0 Å². The van der Waals surface area contributed by atoms with E-state index in [4.69, 9.17) is 4.74 Å². The van der Waals surface area contributed by atoms with Gasteiger partial charge in [-0.15, -0.1) is 10.2 Å². The Morgan fingerprint density at radius 1 is 1.00 bits per heavy atom. The summed E-state index contributed by atoms with van der Waals surface area (Å²) in [5.74, 6) is 0. The molecule has 0 aliphatic heterocycles. The van der Waals surface area contributed by atoms with Gasteiger partial charge in [0.25, 0.3) is 0 Å². The van der Waals surface area contributed by atoms with E-state index >= 15 is 0 Å². The van der Waals surface area contributed by atoms with Crippen molar-refractivity contribution in [3.63, 3.8) is 0 Å². The number of hydrogen-bond acceptors (Lipinski definition) is 7. The van der Waals surface area contributed by atoms with Crippen LogP contribution >= 0.6 is 22.7 Å². The van der Waals surface area contributed by atoms with Gasteiger partial charge >= 0.3 is 10.4 Å². The number of rotatable bonds is 2. The molecule has 11 heavy (non-hydrogen) atoms. The van der Waals surface area contributed by atoms with Crippen molar-refractivity contribution in [3.8, 4) is 10.4 Å². The molecule has 0 bridgehead atoms. The Kier molecular flexibility index (Phi) is 1.74. The Morgan fingerprint density at radius 3 is 1.91 bits per heavy atom. The molecule has 5 nitrogen and oxygen atoms in total. The highest BCUT2D eigenvalue weighted by atomic mass is 32.1. The molecule has 0 unspecified atom stereocenters. The molecule has 0 amide bonds. The molecule has 0 saturated carbocycles. The summed E-state index contributed by atoms with van der Waals surface area (Å²) in [5, 5.41) is 15.5. The Hall–Kier alpha value is -1.08. The molecular formula is C4H2N4OS2. The quantitative estimate of drug-likeness (QED) is 0.704. The van der Waals surface area contributed by atoms with Crippen molar-refractivity contribution in [3.05, 3.63) is 11.0 Å². The summed E-state index contributed by atoms with van der Waals surface area (Å²) in [6.45, 7) is 0. The molecule has 0 N–H and O–H groups in total. The monoisotopic (exact) mass is 186 g/mol. The summed E-state index contributed by atoms with van der Waals surface area (Å²) in [6.07, 6.45) is 0. The van der Waals surface area contributed by atoms with Gasteiger partial charge in [0, 0.05) is 0 Å². The first-order valence-corrected chi connectivity index (χ1v) is 4.41. The summed E-state index contributed by atoms with van der Waals surface area (Å²) in [4.78, 5) is 0. The van der Waals surface area contributed by atoms with Crippen LogP contribution in [0.15, 0.2) is 11.0 Å². The van der Waals surface area contributed by atoms with Crippen molar-refractivity contribution in [1.82, 2.24) is 20.4 Å². The molecule has 2 heterocycles. The Labute approximate surface area is 69.7 Å². The zero-order valence-electron chi connectivity index (χ0n) is 5.17. The van der Waals surface area contributed by atoms with Crippen LogP contribution in [0, 0.1) is 0 Å². The molecule has 2 aromatic rings. The largest absolute Gasteiger partial charge is 0.400 e. The summed E-state index contributed by atoms with van der Waals surface area (Å²) >= 11 is 2.63. The van der Waals surface area contributed by atoms with Crippen LogP contribution in [0.3, 0.4) is 0 Å². The first-order valence-electron chi connectivity index (χ1n) is 2.65. The lowest BCUT2D eigenvalue weighted by atomic mass is 11.3. The van der Waals surface area contributed by atoms with E-state index < -0.39 is 0 Å². The van der Waals surface area contributed by atoms with E-state index in [9.17, 15) is 0 Å².